The summed E-state index contributed by atoms with van der Waals surface area (Å²) < 4.78 is 5.00. The molecule has 2 amide bonds. The van der Waals surface area contributed by atoms with Gasteiger partial charge in [-0.3, -0.25) is 14.5 Å². The fourth-order valence-corrected chi connectivity index (χ4v) is 1.81. The lowest BCUT2D eigenvalue weighted by molar-refractivity contribution is -0.133. The first-order chi connectivity index (χ1) is 7.74. The van der Waals surface area contributed by atoms with Crippen LogP contribution in [0.15, 0.2) is 30.3 Å². The van der Waals surface area contributed by atoms with Crippen LogP contribution >= 0.6 is 0 Å². The number of hydrogen-bond acceptors (Lipinski definition) is 3. The summed E-state index contributed by atoms with van der Waals surface area (Å²) in [6.45, 7) is 0.436. The number of likely N-dealkylation sites (tertiary alicyclic amines) is 1. The highest BCUT2D eigenvalue weighted by molar-refractivity contribution is 6.06. The van der Waals surface area contributed by atoms with Crippen molar-refractivity contribution < 1.29 is 14.3 Å². The van der Waals surface area contributed by atoms with Crippen molar-refractivity contribution in [3.8, 4) is 0 Å². The van der Waals surface area contributed by atoms with Gasteiger partial charge in [-0.05, 0) is 12.1 Å². The van der Waals surface area contributed by atoms with Crippen molar-refractivity contribution in [1.82, 2.24) is 4.90 Å². The number of ether oxygens (including phenoxy) is 1. The van der Waals surface area contributed by atoms with Crippen LogP contribution in [-0.4, -0.2) is 36.5 Å². The van der Waals surface area contributed by atoms with E-state index < -0.39 is 6.10 Å². The molecule has 1 unspecified atom stereocenters. The van der Waals surface area contributed by atoms with Gasteiger partial charge in [0.05, 0.1) is 0 Å². The maximum absolute atomic E-state index is 12.0. The van der Waals surface area contributed by atoms with E-state index in [-0.39, 0.29) is 11.8 Å². The highest BCUT2D eigenvalue weighted by Crippen LogP contribution is 2.16. The second kappa shape index (κ2) is 4.45. The average Bonchev–Trinajstić information content (AvgIpc) is 2.70. The summed E-state index contributed by atoms with van der Waals surface area (Å²) in [6.07, 6.45) is 0.112. The second-order valence-electron chi connectivity index (χ2n) is 3.67. The molecule has 0 bridgehead atoms. The molecular formula is C12H13NO3. The molecule has 0 N–H and O–H groups in total. The lowest BCUT2D eigenvalue weighted by Gasteiger charge is -2.14. The van der Waals surface area contributed by atoms with Gasteiger partial charge in [-0.15, -0.1) is 0 Å². The summed E-state index contributed by atoms with van der Waals surface area (Å²) in [4.78, 5) is 25.0. The fourth-order valence-electron chi connectivity index (χ4n) is 1.81. The van der Waals surface area contributed by atoms with Crippen LogP contribution in [0.1, 0.15) is 16.8 Å². The molecule has 0 aromatic heterocycles. The smallest absolute Gasteiger partial charge is 0.260 e. The number of methoxy groups -OCH3 is 1. The summed E-state index contributed by atoms with van der Waals surface area (Å²) >= 11 is 0. The van der Waals surface area contributed by atoms with Gasteiger partial charge in [0, 0.05) is 25.6 Å². The third-order valence-corrected chi connectivity index (χ3v) is 2.71. The van der Waals surface area contributed by atoms with E-state index in [9.17, 15) is 9.59 Å². The predicted octanol–water partition coefficient (Wildman–Crippen LogP) is 1.07. The molecule has 84 valence electrons. The van der Waals surface area contributed by atoms with E-state index in [1.54, 1.807) is 24.3 Å². The van der Waals surface area contributed by atoms with E-state index in [0.717, 1.165) is 0 Å². The van der Waals surface area contributed by atoms with Crippen LogP contribution in [0, 0.1) is 0 Å². The predicted molar refractivity (Wildman–Crippen MR) is 57.9 cm³/mol. The monoisotopic (exact) mass is 219 g/mol. The van der Waals surface area contributed by atoms with E-state index in [1.165, 1.54) is 12.0 Å². The third-order valence-electron chi connectivity index (χ3n) is 2.71. The zero-order valence-corrected chi connectivity index (χ0v) is 9.05. The minimum Gasteiger partial charge on any atom is -0.372 e. The lowest BCUT2D eigenvalue weighted by atomic mass is 10.2. The second-order valence-corrected chi connectivity index (χ2v) is 3.67. The molecule has 0 saturated carbocycles. The maximum Gasteiger partial charge on any atom is 0.260 e. The van der Waals surface area contributed by atoms with E-state index in [0.29, 0.717) is 18.5 Å². The van der Waals surface area contributed by atoms with E-state index in [2.05, 4.69) is 0 Å². The van der Waals surface area contributed by atoms with Crippen molar-refractivity contribution >= 4 is 11.8 Å². The first-order valence-corrected chi connectivity index (χ1v) is 5.17. The highest BCUT2D eigenvalue weighted by atomic mass is 16.5. The van der Waals surface area contributed by atoms with Crippen molar-refractivity contribution in [2.24, 2.45) is 0 Å². The van der Waals surface area contributed by atoms with Gasteiger partial charge in [0.15, 0.2) is 0 Å². The van der Waals surface area contributed by atoms with Crippen LogP contribution in [0.5, 0.6) is 0 Å². The van der Waals surface area contributed by atoms with E-state index in [1.807, 2.05) is 6.07 Å². The molecule has 4 nitrogen and oxygen atoms in total. The molecule has 1 saturated heterocycles. The number of carbonyl (C=O) groups is 2. The topological polar surface area (TPSA) is 46.6 Å². The first kappa shape index (κ1) is 10.8. The molecular weight excluding hydrogens is 206 g/mol. The molecule has 4 heteroatoms. The van der Waals surface area contributed by atoms with Crippen LogP contribution < -0.4 is 0 Å². The van der Waals surface area contributed by atoms with Gasteiger partial charge < -0.3 is 4.74 Å². The summed E-state index contributed by atoms with van der Waals surface area (Å²) in [5, 5.41) is 0. The molecule has 1 heterocycles. The Morgan fingerprint density at radius 3 is 2.62 bits per heavy atom. The van der Waals surface area contributed by atoms with Gasteiger partial charge in [0.1, 0.15) is 6.10 Å². The number of rotatable bonds is 2. The van der Waals surface area contributed by atoms with Crippen molar-refractivity contribution in [2.75, 3.05) is 13.7 Å². The normalized spacial score (nSPS) is 20.2. The van der Waals surface area contributed by atoms with Crippen molar-refractivity contribution in [3.05, 3.63) is 35.9 Å². The average molecular weight is 219 g/mol. The highest BCUT2D eigenvalue weighted by Gasteiger charge is 2.35. The van der Waals surface area contributed by atoms with Gasteiger partial charge in [-0.2, -0.15) is 0 Å². The molecule has 1 fully saturated rings. The van der Waals surface area contributed by atoms with Crippen LogP contribution in [0.25, 0.3) is 0 Å². The third kappa shape index (κ3) is 1.84. The standard InChI is InChI=1S/C12H13NO3/c1-16-10-7-8-13(12(10)15)11(14)9-5-3-2-4-6-9/h2-6,10H,7-8H2,1H3. The Morgan fingerprint density at radius 1 is 1.38 bits per heavy atom. The number of benzene rings is 1. The summed E-state index contributed by atoms with van der Waals surface area (Å²) in [7, 11) is 1.49. The van der Waals surface area contributed by atoms with Gasteiger partial charge in [-0.1, -0.05) is 18.2 Å². The van der Waals surface area contributed by atoms with E-state index >= 15 is 0 Å². The van der Waals surface area contributed by atoms with Crippen LogP contribution in [-0.2, 0) is 9.53 Å². The van der Waals surface area contributed by atoms with Gasteiger partial charge in [-0.25, -0.2) is 0 Å². The Bertz CT molecular complexity index is 402. The first-order valence-electron chi connectivity index (χ1n) is 5.17. The number of amides is 2. The Balaban J connectivity index is 2.16. The fraction of sp³-hybridized carbons (Fsp3) is 0.333. The van der Waals surface area contributed by atoms with Crippen LogP contribution in [0.4, 0.5) is 0 Å². The van der Waals surface area contributed by atoms with Crippen LogP contribution in [0.2, 0.25) is 0 Å². The lowest BCUT2D eigenvalue weighted by Crippen LogP contribution is -2.35. The minimum absolute atomic E-state index is 0.239. The van der Waals surface area contributed by atoms with Crippen molar-refractivity contribution in [2.45, 2.75) is 12.5 Å². The number of imide groups is 1. The number of hydrogen-bond donors (Lipinski definition) is 0. The quantitative estimate of drug-likeness (QED) is 0.699. The molecule has 0 radical (unpaired) electrons. The van der Waals surface area contributed by atoms with Crippen LogP contribution in [0.3, 0.4) is 0 Å². The van der Waals surface area contributed by atoms with Gasteiger partial charge in [0.2, 0.25) is 0 Å². The number of nitrogens with zero attached hydrogens (tertiary/aromatic N) is 1. The van der Waals surface area contributed by atoms with E-state index in [4.69, 9.17) is 4.74 Å². The molecule has 1 aliphatic rings. The summed E-state index contributed by atoms with van der Waals surface area (Å²) in [5.74, 6) is -0.485. The zero-order chi connectivity index (χ0) is 11.5. The molecule has 1 atom stereocenters. The summed E-state index contributed by atoms with van der Waals surface area (Å²) in [5.41, 5.74) is 0.535. The molecule has 2 rings (SSSR count). The Kier molecular flexibility index (Phi) is 3.01. The molecule has 0 aliphatic carbocycles. The largest absolute Gasteiger partial charge is 0.372 e. The maximum atomic E-state index is 12.0. The number of carbonyl (C=O) groups excluding carboxylic acids is 2. The Labute approximate surface area is 93.8 Å². The SMILES string of the molecule is COC1CCN(C(=O)c2ccccc2)C1=O. The molecule has 0 spiro atoms. The molecule has 1 aliphatic heterocycles. The zero-order valence-electron chi connectivity index (χ0n) is 9.05. The molecule has 1 aromatic rings. The molecule has 16 heavy (non-hydrogen) atoms. The van der Waals surface area contributed by atoms with Gasteiger partial charge >= 0.3 is 0 Å². The van der Waals surface area contributed by atoms with Crippen molar-refractivity contribution in [1.29, 1.82) is 0 Å². The Morgan fingerprint density at radius 2 is 2.06 bits per heavy atom. The van der Waals surface area contributed by atoms with Crippen molar-refractivity contribution in [3.63, 3.8) is 0 Å². The Hall–Kier alpha value is -1.68. The minimum atomic E-state index is -0.465. The molecule has 1 aromatic carbocycles. The summed E-state index contributed by atoms with van der Waals surface area (Å²) in [6, 6.07) is 8.80. The van der Waals surface area contributed by atoms with Gasteiger partial charge in [0.25, 0.3) is 11.8 Å².